The van der Waals surface area contributed by atoms with E-state index in [-0.39, 0.29) is 12.3 Å². The normalized spacial score (nSPS) is 28.2. The maximum Gasteiger partial charge on any atom is 0.176 e. The second-order valence-electron chi connectivity index (χ2n) is 4.00. The van der Waals surface area contributed by atoms with Gasteiger partial charge >= 0.3 is 0 Å². The van der Waals surface area contributed by atoms with Crippen molar-refractivity contribution >= 4 is 21.6 Å². The number of benzene rings is 1. The first-order chi connectivity index (χ1) is 7.84. The Bertz CT molecular complexity index is 406. The Morgan fingerprint density at radius 2 is 2.12 bits per heavy atom. The lowest BCUT2D eigenvalue weighted by molar-refractivity contribution is 0.0126. The minimum Gasteiger partial charge on any atom is -0.354 e. The fraction of sp³-hybridized carbons (Fsp3) is 0.455. The van der Waals surface area contributed by atoms with Gasteiger partial charge in [-0.3, -0.25) is 0 Å². The molecule has 84 valence electrons. The van der Waals surface area contributed by atoms with Gasteiger partial charge in [0.05, 0.1) is 5.69 Å². The third-order valence-electron chi connectivity index (χ3n) is 2.89. The van der Waals surface area contributed by atoms with Gasteiger partial charge in [0.15, 0.2) is 6.23 Å². The summed E-state index contributed by atoms with van der Waals surface area (Å²) in [6.07, 6.45) is 2.14. The summed E-state index contributed by atoms with van der Waals surface area (Å²) in [4.78, 5) is 0. The maximum atomic E-state index is 5.73. The van der Waals surface area contributed by atoms with Crippen LogP contribution >= 0.6 is 15.9 Å². The molecule has 1 aromatic rings. The Hall–Kier alpha value is -0.940. The smallest absolute Gasteiger partial charge is 0.176 e. The lowest BCUT2D eigenvalue weighted by Gasteiger charge is -2.29. The fourth-order valence-corrected chi connectivity index (χ4v) is 2.33. The topological polar surface area (TPSA) is 37.2 Å². The minimum absolute atomic E-state index is 0.00470. The molecule has 0 radical (unpaired) electrons. The lowest BCUT2D eigenvalue weighted by Crippen LogP contribution is -2.40. The van der Waals surface area contributed by atoms with E-state index in [1.165, 1.54) is 0 Å². The summed E-state index contributed by atoms with van der Waals surface area (Å²) in [5.74, 6) is 0. The van der Waals surface area contributed by atoms with Gasteiger partial charge < -0.3 is 4.74 Å². The Kier molecular flexibility index (Phi) is 2.65. The first-order valence-corrected chi connectivity index (χ1v) is 6.21. The molecule has 1 saturated heterocycles. The number of nitrogens with zero attached hydrogens (tertiary/aromatic N) is 3. The van der Waals surface area contributed by atoms with Gasteiger partial charge in [-0.15, -0.1) is 0 Å². The van der Waals surface area contributed by atoms with E-state index in [0.29, 0.717) is 0 Å². The highest BCUT2D eigenvalue weighted by Gasteiger charge is 2.36. The van der Waals surface area contributed by atoms with E-state index in [0.717, 1.165) is 29.6 Å². The second kappa shape index (κ2) is 4.14. The van der Waals surface area contributed by atoms with Gasteiger partial charge in [-0.2, -0.15) is 5.11 Å². The monoisotopic (exact) mass is 281 g/mol. The summed E-state index contributed by atoms with van der Waals surface area (Å²) in [5, 5.41) is 10.3. The van der Waals surface area contributed by atoms with Crippen LogP contribution in [0, 0.1) is 0 Å². The van der Waals surface area contributed by atoms with Crippen LogP contribution in [0.1, 0.15) is 12.8 Å². The summed E-state index contributed by atoms with van der Waals surface area (Å²) in [7, 11) is 0. The molecule has 0 amide bonds. The standard InChI is InChI=1S/C11H12BrN3O/c12-8-3-5-9(6-4-8)15-11-10(13-14-15)2-1-7-16-11/h3-6,10-11H,1-2,7H2/t10-,11+/m0/s1. The summed E-state index contributed by atoms with van der Waals surface area (Å²) >= 11 is 3.42. The predicted octanol–water partition coefficient (Wildman–Crippen LogP) is 3.14. The molecule has 2 atom stereocenters. The highest BCUT2D eigenvalue weighted by atomic mass is 79.9. The quantitative estimate of drug-likeness (QED) is 0.793. The van der Waals surface area contributed by atoms with Crippen LogP contribution in [-0.4, -0.2) is 18.9 Å². The Morgan fingerprint density at radius 3 is 2.94 bits per heavy atom. The van der Waals surface area contributed by atoms with Crippen molar-refractivity contribution in [3.8, 4) is 0 Å². The molecular formula is C11H12BrN3O. The maximum absolute atomic E-state index is 5.73. The van der Waals surface area contributed by atoms with E-state index < -0.39 is 0 Å². The van der Waals surface area contributed by atoms with E-state index in [1.807, 2.05) is 29.3 Å². The molecule has 0 N–H and O–H groups in total. The van der Waals surface area contributed by atoms with Crippen LogP contribution < -0.4 is 5.01 Å². The third-order valence-corrected chi connectivity index (χ3v) is 3.42. The molecule has 2 aliphatic rings. The van der Waals surface area contributed by atoms with Crippen molar-refractivity contribution in [1.29, 1.82) is 0 Å². The largest absolute Gasteiger partial charge is 0.354 e. The fourth-order valence-electron chi connectivity index (χ4n) is 2.06. The predicted molar refractivity (Wildman–Crippen MR) is 64.2 cm³/mol. The molecule has 3 rings (SSSR count). The molecule has 0 bridgehead atoms. The van der Waals surface area contributed by atoms with Crippen LogP contribution in [0.3, 0.4) is 0 Å². The molecule has 4 nitrogen and oxygen atoms in total. The number of fused-ring (bicyclic) bond motifs is 1. The first kappa shape index (κ1) is 10.2. The van der Waals surface area contributed by atoms with Crippen LogP contribution in [0.5, 0.6) is 0 Å². The van der Waals surface area contributed by atoms with Crippen molar-refractivity contribution < 1.29 is 4.74 Å². The molecule has 2 heterocycles. The van der Waals surface area contributed by atoms with Crippen LogP contribution in [-0.2, 0) is 4.74 Å². The second-order valence-corrected chi connectivity index (χ2v) is 4.91. The van der Waals surface area contributed by atoms with Gasteiger partial charge in [0.1, 0.15) is 6.04 Å². The van der Waals surface area contributed by atoms with Gasteiger partial charge in [0.2, 0.25) is 0 Å². The van der Waals surface area contributed by atoms with Crippen molar-refractivity contribution in [2.75, 3.05) is 11.6 Å². The summed E-state index contributed by atoms with van der Waals surface area (Å²) in [6.45, 7) is 0.805. The molecule has 0 unspecified atom stereocenters. The number of ether oxygens (including phenoxy) is 1. The molecule has 0 aromatic heterocycles. The van der Waals surface area contributed by atoms with Gasteiger partial charge in [0.25, 0.3) is 0 Å². The van der Waals surface area contributed by atoms with Gasteiger partial charge in [0, 0.05) is 11.1 Å². The van der Waals surface area contributed by atoms with Crippen LogP contribution in [0.25, 0.3) is 0 Å². The van der Waals surface area contributed by atoms with E-state index in [1.54, 1.807) is 0 Å². The number of hydrogen-bond acceptors (Lipinski definition) is 4. The van der Waals surface area contributed by atoms with E-state index in [9.17, 15) is 0 Å². The first-order valence-electron chi connectivity index (χ1n) is 5.42. The molecule has 0 saturated carbocycles. The van der Waals surface area contributed by atoms with E-state index in [4.69, 9.17) is 4.74 Å². The zero-order valence-electron chi connectivity index (χ0n) is 8.71. The summed E-state index contributed by atoms with van der Waals surface area (Å²) in [6, 6.07) is 8.24. The Labute approximate surface area is 102 Å². The minimum atomic E-state index is -0.00470. The highest BCUT2D eigenvalue weighted by molar-refractivity contribution is 9.10. The molecule has 2 aliphatic heterocycles. The van der Waals surface area contributed by atoms with Crippen LogP contribution in [0.15, 0.2) is 39.1 Å². The zero-order chi connectivity index (χ0) is 11.0. The van der Waals surface area contributed by atoms with Gasteiger partial charge in [-0.05, 0) is 37.1 Å². The molecule has 5 heteroatoms. The lowest BCUT2D eigenvalue weighted by atomic mass is 10.1. The van der Waals surface area contributed by atoms with E-state index >= 15 is 0 Å². The molecular weight excluding hydrogens is 270 g/mol. The van der Waals surface area contributed by atoms with Gasteiger partial charge in [-0.25, -0.2) is 5.01 Å². The van der Waals surface area contributed by atoms with E-state index in [2.05, 4.69) is 26.3 Å². The highest BCUT2D eigenvalue weighted by Crippen LogP contribution is 2.31. The van der Waals surface area contributed by atoms with Crippen LogP contribution in [0.4, 0.5) is 5.69 Å². The summed E-state index contributed by atoms with van der Waals surface area (Å²) < 4.78 is 6.79. The zero-order valence-corrected chi connectivity index (χ0v) is 10.3. The Morgan fingerprint density at radius 1 is 1.31 bits per heavy atom. The average molecular weight is 282 g/mol. The van der Waals surface area contributed by atoms with Crippen molar-refractivity contribution in [2.45, 2.75) is 25.1 Å². The number of rotatable bonds is 1. The van der Waals surface area contributed by atoms with Crippen molar-refractivity contribution in [3.63, 3.8) is 0 Å². The Balaban J connectivity index is 1.85. The SMILES string of the molecule is Brc1ccc(N2N=N[C@H]3CCCO[C@H]32)cc1. The van der Waals surface area contributed by atoms with Crippen molar-refractivity contribution in [2.24, 2.45) is 10.3 Å². The molecule has 0 spiro atoms. The van der Waals surface area contributed by atoms with Crippen molar-refractivity contribution in [1.82, 2.24) is 0 Å². The molecule has 16 heavy (non-hydrogen) atoms. The summed E-state index contributed by atoms with van der Waals surface area (Å²) in [5.41, 5.74) is 1.03. The number of anilines is 1. The molecule has 1 fully saturated rings. The van der Waals surface area contributed by atoms with Gasteiger partial charge in [-0.1, -0.05) is 21.2 Å². The van der Waals surface area contributed by atoms with Crippen molar-refractivity contribution in [3.05, 3.63) is 28.7 Å². The number of hydrogen-bond donors (Lipinski definition) is 0. The third kappa shape index (κ3) is 1.74. The van der Waals surface area contributed by atoms with Crippen LogP contribution in [0.2, 0.25) is 0 Å². The average Bonchev–Trinajstić information content (AvgIpc) is 2.74. The molecule has 1 aromatic carbocycles. The molecule has 0 aliphatic carbocycles. The number of halogens is 1.